The SMILES string of the molecule is CCCOc1ccc2ccccc2c1CNCCc1ccc(F)cc1. The van der Waals surface area contributed by atoms with Gasteiger partial charge in [0.05, 0.1) is 6.61 Å². The van der Waals surface area contributed by atoms with Crippen LogP contribution in [0, 0.1) is 5.82 Å². The zero-order valence-corrected chi connectivity index (χ0v) is 14.6. The van der Waals surface area contributed by atoms with Gasteiger partial charge < -0.3 is 10.1 Å². The number of ether oxygens (including phenoxy) is 1. The summed E-state index contributed by atoms with van der Waals surface area (Å²) < 4.78 is 18.9. The van der Waals surface area contributed by atoms with E-state index in [1.165, 1.54) is 28.5 Å². The van der Waals surface area contributed by atoms with Gasteiger partial charge in [-0.2, -0.15) is 0 Å². The largest absolute Gasteiger partial charge is 0.493 e. The molecule has 0 aromatic heterocycles. The van der Waals surface area contributed by atoms with Crippen molar-refractivity contribution in [1.29, 1.82) is 0 Å². The first-order valence-electron chi connectivity index (χ1n) is 8.86. The van der Waals surface area contributed by atoms with E-state index in [-0.39, 0.29) is 5.82 Å². The lowest BCUT2D eigenvalue weighted by Crippen LogP contribution is -2.17. The highest BCUT2D eigenvalue weighted by molar-refractivity contribution is 5.87. The Kier molecular flexibility index (Phi) is 6.02. The Labute approximate surface area is 148 Å². The molecule has 0 amide bonds. The maximum Gasteiger partial charge on any atom is 0.124 e. The molecule has 0 saturated carbocycles. The Bertz CT molecular complexity index is 814. The van der Waals surface area contributed by atoms with Gasteiger partial charge >= 0.3 is 0 Å². The maximum absolute atomic E-state index is 13.0. The molecule has 3 rings (SSSR count). The maximum atomic E-state index is 13.0. The zero-order chi connectivity index (χ0) is 17.5. The lowest BCUT2D eigenvalue weighted by atomic mass is 10.0. The van der Waals surface area contributed by atoms with Crippen LogP contribution < -0.4 is 10.1 Å². The summed E-state index contributed by atoms with van der Waals surface area (Å²) in [6.07, 6.45) is 1.86. The fourth-order valence-electron chi connectivity index (χ4n) is 2.94. The molecule has 3 heteroatoms. The molecule has 25 heavy (non-hydrogen) atoms. The van der Waals surface area contributed by atoms with Gasteiger partial charge in [0.2, 0.25) is 0 Å². The quantitative estimate of drug-likeness (QED) is 0.577. The highest BCUT2D eigenvalue weighted by Crippen LogP contribution is 2.28. The molecular weight excluding hydrogens is 313 g/mol. The van der Waals surface area contributed by atoms with Crippen LogP contribution in [0.1, 0.15) is 24.5 Å². The minimum atomic E-state index is -0.190. The van der Waals surface area contributed by atoms with Crippen LogP contribution in [0.3, 0.4) is 0 Å². The summed E-state index contributed by atoms with van der Waals surface area (Å²) in [5.41, 5.74) is 2.33. The average molecular weight is 337 g/mol. The molecule has 3 aromatic rings. The number of hydrogen-bond donors (Lipinski definition) is 1. The number of benzene rings is 3. The molecule has 0 atom stereocenters. The third-order valence-electron chi connectivity index (χ3n) is 4.26. The molecule has 0 saturated heterocycles. The Balaban J connectivity index is 1.69. The molecule has 0 spiro atoms. The first kappa shape index (κ1) is 17.4. The van der Waals surface area contributed by atoms with Gasteiger partial charge in [-0.05, 0) is 53.9 Å². The normalized spacial score (nSPS) is 11.0. The van der Waals surface area contributed by atoms with Crippen molar-refractivity contribution in [2.24, 2.45) is 0 Å². The van der Waals surface area contributed by atoms with Crippen LogP contribution in [0.15, 0.2) is 60.7 Å². The zero-order valence-electron chi connectivity index (χ0n) is 14.6. The Morgan fingerprint density at radius 3 is 2.56 bits per heavy atom. The van der Waals surface area contributed by atoms with E-state index in [2.05, 4.69) is 48.6 Å². The minimum absolute atomic E-state index is 0.190. The first-order valence-corrected chi connectivity index (χ1v) is 8.86. The lowest BCUT2D eigenvalue weighted by molar-refractivity contribution is 0.314. The highest BCUT2D eigenvalue weighted by atomic mass is 19.1. The van der Waals surface area contributed by atoms with Crippen molar-refractivity contribution in [1.82, 2.24) is 5.32 Å². The average Bonchev–Trinajstić information content (AvgIpc) is 2.65. The molecule has 0 aliphatic carbocycles. The number of halogens is 1. The Morgan fingerprint density at radius 1 is 0.960 bits per heavy atom. The van der Waals surface area contributed by atoms with E-state index in [0.717, 1.165) is 43.9 Å². The molecule has 0 unspecified atom stereocenters. The van der Waals surface area contributed by atoms with Crippen molar-refractivity contribution in [3.8, 4) is 5.75 Å². The van der Waals surface area contributed by atoms with E-state index >= 15 is 0 Å². The summed E-state index contributed by atoms with van der Waals surface area (Å²) in [6, 6.07) is 19.3. The van der Waals surface area contributed by atoms with Crippen molar-refractivity contribution < 1.29 is 9.13 Å². The van der Waals surface area contributed by atoms with Crippen LogP contribution in [0.5, 0.6) is 5.75 Å². The molecule has 130 valence electrons. The van der Waals surface area contributed by atoms with E-state index in [0.29, 0.717) is 0 Å². The highest BCUT2D eigenvalue weighted by Gasteiger charge is 2.08. The van der Waals surface area contributed by atoms with E-state index in [1.807, 2.05) is 12.1 Å². The first-order chi connectivity index (χ1) is 12.3. The summed E-state index contributed by atoms with van der Waals surface area (Å²) in [5, 5.41) is 5.95. The summed E-state index contributed by atoms with van der Waals surface area (Å²) in [7, 11) is 0. The predicted octanol–water partition coefficient (Wildman–Crippen LogP) is 5.10. The van der Waals surface area contributed by atoms with E-state index in [1.54, 1.807) is 0 Å². The smallest absolute Gasteiger partial charge is 0.124 e. The monoisotopic (exact) mass is 337 g/mol. The topological polar surface area (TPSA) is 21.3 Å². The van der Waals surface area contributed by atoms with Gasteiger partial charge in [0.15, 0.2) is 0 Å². The summed E-state index contributed by atoms with van der Waals surface area (Å²) in [4.78, 5) is 0. The number of nitrogens with one attached hydrogen (secondary N) is 1. The van der Waals surface area contributed by atoms with Crippen molar-refractivity contribution in [3.63, 3.8) is 0 Å². The number of hydrogen-bond acceptors (Lipinski definition) is 2. The van der Waals surface area contributed by atoms with Gasteiger partial charge in [0.1, 0.15) is 11.6 Å². The van der Waals surface area contributed by atoms with Crippen LogP contribution in [0.4, 0.5) is 4.39 Å². The van der Waals surface area contributed by atoms with Crippen LogP contribution in [0.2, 0.25) is 0 Å². The molecule has 0 aliphatic rings. The number of rotatable bonds is 8. The van der Waals surface area contributed by atoms with E-state index < -0.39 is 0 Å². The predicted molar refractivity (Wildman–Crippen MR) is 102 cm³/mol. The fraction of sp³-hybridized carbons (Fsp3) is 0.273. The molecular formula is C22H24FNO. The van der Waals surface area contributed by atoms with Crippen LogP contribution in [0.25, 0.3) is 10.8 Å². The summed E-state index contributed by atoms with van der Waals surface area (Å²) >= 11 is 0. The second kappa shape index (κ2) is 8.63. The van der Waals surface area contributed by atoms with Crippen LogP contribution in [-0.4, -0.2) is 13.2 Å². The molecule has 3 aromatic carbocycles. The second-order valence-corrected chi connectivity index (χ2v) is 6.17. The third-order valence-corrected chi connectivity index (χ3v) is 4.26. The number of fused-ring (bicyclic) bond motifs is 1. The fourth-order valence-corrected chi connectivity index (χ4v) is 2.94. The van der Waals surface area contributed by atoms with Gasteiger partial charge in [-0.15, -0.1) is 0 Å². The Morgan fingerprint density at radius 2 is 1.76 bits per heavy atom. The molecule has 0 bridgehead atoms. The Hall–Kier alpha value is -2.39. The van der Waals surface area contributed by atoms with Crippen LogP contribution in [-0.2, 0) is 13.0 Å². The minimum Gasteiger partial charge on any atom is -0.493 e. The molecule has 0 fully saturated rings. The molecule has 0 radical (unpaired) electrons. The van der Waals surface area contributed by atoms with Crippen molar-refractivity contribution in [2.45, 2.75) is 26.3 Å². The second-order valence-electron chi connectivity index (χ2n) is 6.17. The van der Waals surface area contributed by atoms with E-state index in [4.69, 9.17) is 4.74 Å². The summed E-state index contributed by atoms with van der Waals surface area (Å²) in [5.74, 6) is 0.764. The molecule has 0 heterocycles. The van der Waals surface area contributed by atoms with Gasteiger partial charge in [-0.1, -0.05) is 49.4 Å². The van der Waals surface area contributed by atoms with Crippen molar-refractivity contribution >= 4 is 10.8 Å². The molecule has 0 aliphatic heterocycles. The van der Waals surface area contributed by atoms with Crippen molar-refractivity contribution in [2.75, 3.05) is 13.2 Å². The van der Waals surface area contributed by atoms with Crippen molar-refractivity contribution in [3.05, 3.63) is 77.6 Å². The van der Waals surface area contributed by atoms with Crippen LogP contribution >= 0.6 is 0 Å². The van der Waals surface area contributed by atoms with Gasteiger partial charge in [-0.3, -0.25) is 0 Å². The third kappa shape index (κ3) is 4.58. The lowest BCUT2D eigenvalue weighted by Gasteiger charge is -2.15. The molecule has 1 N–H and O–H groups in total. The standard InChI is InChI=1S/C22H24FNO/c1-2-15-25-22-12-9-18-5-3-4-6-20(18)21(22)16-24-14-13-17-7-10-19(23)11-8-17/h3-12,24H,2,13-16H2,1H3. The van der Waals surface area contributed by atoms with Gasteiger partial charge in [-0.25, -0.2) is 4.39 Å². The molecule has 2 nitrogen and oxygen atoms in total. The van der Waals surface area contributed by atoms with Gasteiger partial charge in [0, 0.05) is 12.1 Å². The summed E-state index contributed by atoms with van der Waals surface area (Å²) in [6.45, 7) is 4.42. The van der Waals surface area contributed by atoms with Gasteiger partial charge in [0.25, 0.3) is 0 Å². The van der Waals surface area contributed by atoms with E-state index in [9.17, 15) is 4.39 Å².